The van der Waals surface area contributed by atoms with Crippen LogP contribution in [-0.4, -0.2) is 52.5 Å². The number of carbonyl (C=O) groups is 2. The molecule has 0 heterocycles. The fourth-order valence-electron chi connectivity index (χ4n) is 4.43. The summed E-state index contributed by atoms with van der Waals surface area (Å²) < 4.78 is 0. The van der Waals surface area contributed by atoms with Gasteiger partial charge in [0.1, 0.15) is 6.04 Å². The normalized spacial score (nSPS) is 12.1. The number of nitrogens with one attached hydrogen (secondary N) is 1. The number of thioether (sulfide) groups is 1. The Morgan fingerprint density at radius 1 is 1.00 bits per heavy atom. The SMILES string of the molecule is CSCCC(NC(=O)c1ccc(CN(C)C(C)(C)Cc2ccccc2)cc1-c1ccccc1C)C(=O)O.[H-].[Li+]. The minimum absolute atomic E-state index is 0. The van der Waals surface area contributed by atoms with Crippen molar-refractivity contribution in [3.05, 3.63) is 95.1 Å². The van der Waals surface area contributed by atoms with Crippen LogP contribution in [0.3, 0.4) is 0 Å². The Morgan fingerprint density at radius 3 is 2.29 bits per heavy atom. The number of benzene rings is 3. The van der Waals surface area contributed by atoms with E-state index < -0.39 is 12.0 Å². The molecule has 3 aromatic carbocycles. The van der Waals surface area contributed by atoms with Crippen molar-refractivity contribution in [1.82, 2.24) is 10.2 Å². The molecule has 3 aromatic rings. The number of carboxylic acid groups (broad SMARTS) is 1. The van der Waals surface area contributed by atoms with Crippen LogP contribution in [0.5, 0.6) is 0 Å². The van der Waals surface area contributed by atoms with Gasteiger partial charge in [0.05, 0.1) is 0 Å². The Labute approximate surface area is 245 Å². The van der Waals surface area contributed by atoms with Crippen LogP contribution in [0, 0.1) is 6.92 Å². The molecule has 7 heteroatoms. The van der Waals surface area contributed by atoms with Gasteiger partial charge in [0, 0.05) is 17.6 Å². The van der Waals surface area contributed by atoms with Gasteiger partial charge < -0.3 is 11.8 Å². The molecule has 0 saturated heterocycles. The molecule has 0 bridgehead atoms. The second-order valence-corrected chi connectivity index (χ2v) is 11.2. The zero-order valence-corrected chi connectivity index (χ0v) is 24.3. The summed E-state index contributed by atoms with van der Waals surface area (Å²) in [6.07, 6.45) is 3.22. The molecule has 0 aliphatic carbocycles. The molecule has 1 unspecified atom stereocenters. The summed E-state index contributed by atoms with van der Waals surface area (Å²) in [5.41, 5.74) is 5.64. The van der Waals surface area contributed by atoms with E-state index in [-0.39, 0.29) is 31.7 Å². The van der Waals surface area contributed by atoms with Crippen LogP contribution in [-0.2, 0) is 17.8 Å². The van der Waals surface area contributed by atoms with Gasteiger partial charge in [0.15, 0.2) is 0 Å². The summed E-state index contributed by atoms with van der Waals surface area (Å²) in [5, 5.41) is 12.4. The predicted octanol–water partition coefficient (Wildman–Crippen LogP) is 3.17. The summed E-state index contributed by atoms with van der Waals surface area (Å²) in [4.78, 5) is 27.4. The Morgan fingerprint density at radius 2 is 1.66 bits per heavy atom. The van der Waals surface area contributed by atoms with E-state index in [1.807, 2.05) is 55.6 Å². The summed E-state index contributed by atoms with van der Waals surface area (Å²) >= 11 is 1.56. The summed E-state index contributed by atoms with van der Waals surface area (Å²) in [6, 6.07) is 23.4. The van der Waals surface area contributed by atoms with E-state index in [4.69, 9.17) is 0 Å². The molecule has 0 spiro atoms. The van der Waals surface area contributed by atoms with Crippen LogP contribution in [0.1, 0.15) is 48.7 Å². The van der Waals surface area contributed by atoms with Gasteiger partial charge in [-0.3, -0.25) is 9.69 Å². The number of nitrogens with zero attached hydrogens (tertiary/aromatic N) is 1. The quantitative estimate of drug-likeness (QED) is 0.355. The third-order valence-electron chi connectivity index (χ3n) is 6.91. The molecule has 2 N–H and O–H groups in total. The average molecular weight is 527 g/mol. The number of aliphatic carboxylic acids is 1. The molecule has 198 valence electrons. The van der Waals surface area contributed by atoms with Crippen molar-refractivity contribution in [3.8, 4) is 11.1 Å². The van der Waals surface area contributed by atoms with E-state index in [0.29, 0.717) is 24.3 Å². The van der Waals surface area contributed by atoms with E-state index in [1.165, 1.54) is 5.56 Å². The molecule has 1 atom stereocenters. The topological polar surface area (TPSA) is 69.6 Å². The number of carboxylic acids is 1. The smallest absolute Gasteiger partial charge is 1.00 e. The molecule has 0 aliphatic heterocycles. The van der Waals surface area contributed by atoms with E-state index >= 15 is 0 Å². The summed E-state index contributed by atoms with van der Waals surface area (Å²) in [6.45, 7) is 7.22. The van der Waals surface area contributed by atoms with Crippen molar-refractivity contribution in [2.24, 2.45) is 0 Å². The zero-order chi connectivity index (χ0) is 27.0. The summed E-state index contributed by atoms with van der Waals surface area (Å²) in [7, 11) is 2.13. The third-order valence-corrected chi connectivity index (χ3v) is 7.55. The number of amides is 1. The second kappa shape index (κ2) is 14.6. The second-order valence-electron chi connectivity index (χ2n) is 10.2. The first kappa shape index (κ1) is 31.7. The monoisotopic (exact) mass is 526 g/mol. The Bertz CT molecular complexity index is 1220. The number of likely N-dealkylation sites (N-methyl/N-ethyl adjacent to an activating group) is 1. The molecule has 3 rings (SSSR count). The maximum absolute atomic E-state index is 13.3. The van der Waals surface area contributed by atoms with Gasteiger partial charge in [-0.25, -0.2) is 4.79 Å². The van der Waals surface area contributed by atoms with Crippen LogP contribution in [0.4, 0.5) is 0 Å². The van der Waals surface area contributed by atoms with Crippen LogP contribution in [0.15, 0.2) is 72.8 Å². The van der Waals surface area contributed by atoms with E-state index in [0.717, 1.165) is 28.7 Å². The largest absolute Gasteiger partial charge is 1.00 e. The first-order valence-corrected chi connectivity index (χ1v) is 14.0. The number of hydrogen-bond acceptors (Lipinski definition) is 4. The van der Waals surface area contributed by atoms with E-state index in [1.54, 1.807) is 11.8 Å². The van der Waals surface area contributed by atoms with Gasteiger partial charge in [-0.15, -0.1) is 0 Å². The van der Waals surface area contributed by atoms with Crippen LogP contribution >= 0.6 is 11.8 Å². The molecule has 0 fully saturated rings. The van der Waals surface area contributed by atoms with Crippen molar-refractivity contribution in [3.63, 3.8) is 0 Å². The average Bonchev–Trinajstić information content (AvgIpc) is 2.86. The van der Waals surface area contributed by atoms with Crippen molar-refractivity contribution in [2.75, 3.05) is 19.1 Å². The minimum Gasteiger partial charge on any atom is -1.00 e. The molecule has 1 amide bonds. The standard InChI is InChI=1S/C31H38N2O3S.Li.H/c1-22-11-9-10-14-25(22)27-19-24(21-33(4)31(2,3)20-23-12-7-6-8-13-23)15-16-26(27)29(34)32-28(30(35)36)17-18-37-5;;/h6-16,19,28H,17-18,20-21H2,1-5H3,(H,32,34)(H,35,36);;/q;+1;-1. The van der Waals surface area contributed by atoms with Gasteiger partial charge in [-0.1, -0.05) is 60.7 Å². The number of rotatable bonds is 12. The minimum atomic E-state index is -1.02. The Balaban J connectivity index is 0.00000380. The van der Waals surface area contributed by atoms with E-state index in [9.17, 15) is 14.7 Å². The van der Waals surface area contributed by atoms with Crippen molar-refractivity contribution in [2.45, 2.75) is 51.7 Å². The Kier molecular flexibility index (Phi) is 12.2. The fraction of sp³-hybridized carbons (Fsp3) is 0.355. The molecule has 0 saturated carbocycles. The fourth-order valence-corrected chi connectivity index (χ4v) is 4.90. The predicted molar refractivity (Wildman–Crippen MR) is 155 cm³/mol. The first-order chi connectivity index (χ1) is 17.6. The van der Waals surface area contributed by atoms with Gasteiger partial charge in [0.25, 0.3) is 5.91 Å². The molecule has 0 aromatic heterocycles. The van der Waals surface area contributed by atoms with Gasteiger partial charge in [-0.05, 0) is 92.6 Å². The zero-order valence-electron chi connectivity index (χ0n) is 24.5. The van der Waals surface area contributed by atoms with Gasteiger partial charge >= 0.3 is 24.8 Å². The number of hydrogen-bond donors (Lipinski definition) is 2. The van der Waals surface area contributed by atoms with Crippen molar-refractivity contribution < 1.29 is 35.0 Å². The molecular weight excluding hydrogens is 487 g/mol. The first-order valence-electron chi connectivity index (χ1n) is 12.6. The Hall–Kier alpha value is -2.49. The molecular formula is C31H39LiN2O3S. The maximum atomic E-state index is 13.3. The third kappa shape index (κ3) is 8.51. The maximum Gasteiger partial charge on any atom is 1.00 e. The molecule has 5 nitrogen and oxygen atoms in total. The number of aryl methyl sites for hydroxylation is 1. The van der Waals surface area contributed by atoms with E-state index in [2.05, 4.69) is 61.4 Å². The van der Waals surface area contributed by atoms with Gasteiger partial charge in [-0.2, -0.15) is 11.8 Å². The molecule has 0 aliphatic rings. The van der Waals surface area contributed by atoms with Crippen LogP contribution in [0.2, 0.25) is 0 Å². The molecule has 0 radical (unpaired) electrons. The number of carbonyl (C=O) groups excluding carboxylic acids is 1. The summed E-state index contributed by atoms with van der Waals surface area (Å²) in [5.74, 6) is -0.721. The van der Waals surface area contributed by atoms with Gasteiger partial charge in [0.2, 0.25) is 0 Å². The van der Waals surface area contributed by atoms with Crippen molar-refractivity contribution >= 4 is 23.6 Å². The molecule has 38 heavy (non-hydrogen) atoms. The van der Waals surface area contributed by atoms with Crippen LogP contribution in [0.25, 0.3) is 11.1 Å². The van der Waals surface area contributed by atoms with Crippen molar-refractivity contribution in [1.29, 1.82) is 0 Å². The van der Waals surface area contributed by atoms with Crippen LogP contribution < -0.4 is 24.2 Å².